The van der Waals surface area contributed by atoms with E-state index < -0.39 is 9.84 Å². The zero-order valence-electron chi connectivity index (χ0n) is 11.0. The van der Waals surface area contributed by atoms with Crippen molar-refractivity contribution in [3.05, 3.63) is 29.8 Å². The van der Waals surface area contributed by atoms with Crippen LogP contribution in [0.1, 0.15) is 17.3 Å². The van der Waals surface area contributed by atoms with Crippen LogP contribution in [0, 0.1) is 5.92 Å². The molecule has 1 aliphatic heterocycles. The maximum atomic E-state index is 12.1. The summed E-state index contributed by atoms with van der Waals surface area (Å²) in [4.78, 5) is 12.3. The Balaban J connectivity index is 2.15. The van der Waals surface area contributed by atoms with E-state index in [1.165, 1.54) is 12.1 Å². The Labute approximate surface area is 113 Å². The number of hydrogen-bond acceptors (Lipinski definition) is 4. The van der Waals surface area contributed by atoms with E-state index in [1.54, 1.807) is 12.1 Å². The number of carbonyl (C=O) groups is 1. The van der Waals surface area contributed by atoms with Gasteiger partial charge in [0.25, 0.3) is 5.91 Å². The Hall–Kier alpha value is -1.40. The maximum Gasteiger partial charge on any atom is 0.251 e. The number of amides is 1. The lowest BCUT2D eigenvalue weighted by Crippen LogP contribution is -2.39. The monoisotopic (exact) mass is 282 g/mol. The van der Waals surface area contributed by atoms with Crippen molar-refractivity contribution in [2.45, 2.75) is 17.9 Å². The van der Waals surface area contributed by atoms with Gasteiger partial charge < -0.3 is 10.6 Å². The molecule has 0 aromatic heterocycles. The van der Waals surface area contributed by atoms with Crippen molar-refractivity contribution in [2.75, 3.05) is 19.3 Å². The number of hydrogen-bond donors (Lipinski definition) is 2. The average molecular weight is 282 g/mol. The van der Waals surface area contributed by atoms with Crippen LogP contribution in [-0.4, -0.2) is 39.7 Å². The van der Waals surface area contributed by atoms with Gasteiger partial charge in [-0.3, -0.25) is 4.79 Å². The van der Waals surface area contributed by atoms with Crippen molar-refractivity contribution < 1.29 is 13.2 Å². The number of nitrogens with one attached hydrogen (secondary N) is 2. The predicted octanol–water partition coefficient (Wildman–Crippen LogP) is 0.428. The molecule has 19 heavy (non-hydrogen) atoms. The van der Waals surface area contributed by atoms with Gasteiger partial charge in [0.2, 0.25) is 0 Å². The Morgan fingerprint density at radius 1 is 1.37 bits per heavy atom. The van der Waals surface area contributed by atoms with Gasteiger partial charge in [-0.1, -0.05) is 13.0 Å². The molecular formula is C13H18N2O3S. The first-order chi connectivity index (χ1) is 8.88. The molecule has 1 aliphatic rings. The molecule has 1 aromatic rings. The Kier molecular flexibility index (Phi) is 3.91. The summed E-state index contributed by atoms with van der Waals surface area (Å²) in [6, 6.07) is 6.21. The third-order valence-electron chi connectivity index (χ3n) is 3.36. The molecule has 5 nitrogen and oxygen atoms in total. The van der Waals surface area contributed by atoms with Crippen molar-refractivity contribution >= 4 is 15.7 Å². The number of benzene rings is 1. The normalized spacial score (nSPS) is 23.3. The van der Waals surface area contributed by atoms with Crippen LogP contribution in [0.4, 0.5) is 0 Å². The second-order valence-corrected chi connectivity index (χ2v) is 7.03. The van der Waals surface area contributed by atoms with E-state index in [0.29, 0.717) is 11.5 Å². The summed E-state index contributed by atoms with van der Waals surface area (Å²) in [6.45, 7) is 3.70. The van der Waals surface area contributed by atoms with Gasteiger partial charge in [0, 0.05) is 24.4 Å². The standard InChI is InChI=1S/C13H18N2O3S/c1-9-7-14-8-12(9)15-13(16)10-4-3-5-11(6-10)19(2,17)18/h3-6,9,12,14H,7-8H2,1-2H3,(H,15,16). The lowest BCUT2D eigenvalue weighted by Gasteiger charge is -2.16. The molecule has 1 heterocycles. The van der Waals surface area contributed by atoms with Crippen LogP contribution in [0.5, 0.6) is 0 Å². The van der Waals surface area contributed by atoms with Crippen molar-refractivity contribution in [3.8, 4) is 0 Å². The average Bonchev–Trinajstić information content (AvgIpc) is 2.74. The lowest BCUT2D eigenvalue weighted by molar-refractivity contribution is 0.0932. The highest BCUT2D eigenvalue weighted by atomic mass is 32.2. The van der Waals surface area contributed by atoms with Gasteiger partial charge in [-0.2, -0.15) is 0 Å². The zero-order valence-corrected chi connectivity index (χ0v) is 11.8. The van der Waals surface area contributed by atoms with E-state index >= 15 is 0 Å². The van der Waals surface area contributed by atoms with E-state index in [1.807, 2.05) is 0 Å². The van der Waals surface area contributed by atoms with Crippen LogP contribution in [-0.2, 0) is 9.84 Å². The second-order valence-electron chi connectivity index (χ2n) is 5.02. The first-order valence-corrected chi connectivity index (χ1v) is 8.09. The van der Waals surface area contributed by atoms with E-state index in [0.717, 1.165) is 19.3 Å². The molecule has 0 radical (unpaired) electrons. The van der Waals surface area contributed by atoms with E-state index in [-0.39, 0.29) is 16.8 Å². The van der Waals surface area contributed by atoms with Gasteiger partial charge >= 0.3 is 0 Å². The molecule has 0 spiro atoms. The maximum absolute atomic E-state index is 12.1. The van der Waals surface area contributed by atoms with Crippen LogP contribution < -0.4 is 10.6 Å². The molecule has 0 bridgehead atoms. The van der Waals surface area contributed by atoms with Crippen molar-refractivity contribution in [1.82, 2.24) is 10.6 Å². The summed E-state index contributed by atoms with van der Waals surface area (Å²) in [6.07, 6.45) is 1.13. The fraction of sp³-hybridized carbons (Fsp3) is 0.462. The summed E-state index contributed by atoms with van der Waals surface area (Å²) >= 11 is 0. The van der Waals surface area contributed by atoms with Crippen molar-refractivity contribution in [2.24, 2.45) is 5.92 Å². The molecule has 2 atom stereocenters. The minimum atomic E-state index is -3.29. The molecule has 2 unspecified atom stereocenters. The van der Waals surface area contributed by atoms with Gasteiger partial charge in [-0.15, -0.1) is 0 Å². The molecule has 1 fully saturated rings. The number of carbonyl (C=O) groups excluding carboxylic acids is 1. The Morgan fingerprint density at radius 2 is 2.11 bits per heavy atom. The van der Waals surface area contributed by atoms with Gasteiger partial charge in [0.05, 0.1) is 4.90 Å². The number of rotatable bonds is 3. The molecule has 1 amide bonds. The zero-order chi connectivity index (χ0) is 14.0. The highest BCUT2D eigenvalue weighted by Crippen LogP contribution is 2.13. The molecule has 104 valence electrons. The second kappa shape index (κ2) is 5.30. The summed E-state index contributed by atoms with van der Waals surface area (Å²) in [5.41, 5.74) is 0.377. The predicted molar refractivity (Wildman–Crippen MR) is 72.8 cm³/mol. The molecule has 2 N–H and O–H groups in total. The number of sulfone groups is 1. The summed E-state index contributed by atoms with van der Waals surface area (Å²) in [5.74, 6) is 0.146. The molecule has 1 aromatic carbocycles. The van der Waals surface area contributed by atoms with E-state index in [2.05, 4.69) is 17.6 Å². The Bertz CT molecular complexity index is 583. The molecular weight excluding hydrogens is 264 g/mol. The molecule has 6 heteroatoms. The minimum absolute atomic E-state index is 0.0920. The molecule has 1 saturated heterocycles. The molecule has 0 aliphatic carbocycles. The summed E-state index contributed by atoms with van der Waals surface area (Å²) < 4.78 is 22.9. The lowest BCUT2D eigenvalue weighted by atomic mass is 10.1. The first-order valence-electron chi connectivity index (χ1n) is 6.19. The fourth-order valence-electron chi connectivity index (χ4n) is 2.12. The Morgan fingerprint density at radius 3 is 2.68 bits per heavy atom. The largest absolute Gasteiger partial charge is 0.348 e. The van der Waals surface area contributed by atoms with Crippen LogP contribution in [0.3, 0.4) is 0 Å². The van der Waals surface area contributed by atoms with Crippen LogP contribution in [0.25, 0.3) is 0 Å². The van der Waals surface area contributed by atoms with E-state index in [4.69, 9.17) is 0 Å². The summed E-state index contributed by atoms with van der Waals surface area (Å²) in [7, 11) is -3.29. The first kappa shape index (κ1) is 14.0. The van der Waals surface area contributed by atoms with Crippen molar-refractivity contribution in [3.63, 3.8) is 0 Å². The fourth-order valence-corrected chi connectivity index (χ4v) is 2.79. The third kappa shape index (κ3) is 3.33. The molecule has 2 rings (SSSR count). The topological polar surface area (TPSA) is 75.3 Å². The SMILES string of the molecule is CC1CNCC1NC(=O)c1cccc(S(C)(=O)=O)c1. The quantitative estimate of drug-likeness (QED) is 0.843. The molecule has 0 saturated carbocycles. The highest BCUT2D eigenvalue weighted by molar-refractivity contribution is 7.90. The highest BCUT2D eigenvalue weighted by Gasteiger charge is 2.25. The van der Waals surface area contributed by atoms with Gasteiger partial charge in [-0.25, -0.2) is 8.42 Å². The van der Waals surface area contributed by atoms with E-state index in [9.17, 15) is 13.2 Å². The minimum Gasteiger partial charge on any atom is -0.348 e. The van der Waals surface area contributed by atoms with Crippen LogP contribution >= 0.6 is 0 Å². The van der Waals surface area contributed by atoms with Gasteiger partial charge in [0.15, 0.2) is 9.84 Å². The third-order valence-corrected chi connectivity index (χ3v) is 4.47. The van der Waals surface area contributed by atoms with Gasteiger partial charge in [0.1, 0.15) is 0 Å². The van der Waals surface area contributed by atoms with Crippen molar-refractivity contribution in [1.29, 1.82) is 0 Å². The van der Waals surface area contributed by atoms with Gasteiger partial charge in [-0.05, 0) is 30.7 Å². The smallest absolute Gasteiger partial charge is 0.251 e. The van der Waals surface area contributed by atoms with Crippen LogP contribution in [0.15, 0.2) is 29.2 Å². The van der Waals surface area contributed by atoms with Crippen LogP contribution in [0.2, 0.25) is 0 Å². The summed E-state index contributed by atoms with van der Waals surface area (Å²) in [5, 5.41) is 6.13.